The molecule has 2 rings (SSSR count). The van der Waals surface area contributed by atoms with E-state index in [4.69, 9.17) is 17.8 Å². The van der Waals surface area contributed by atoms with Crippen molar-refractivity contribution >= 4 is 21.7 Å². The maximum Gasteiger partial charge on any atom is 0.128 e. The fraction of sp³-hybridized carbons (Fsp3) is 0.500. The van der Waals surface area contributed by atoms with Gasteiger partial charge in [0, 0.05) is 37.3 Å². The van der Waals surface area contributed by atoms with Crippen molar-refractivity contribution in [3.05, 3.63) is 22.7 Å². The highest BCUT2D eigenvalue weighted by Gasteiger charge is 2.10. The third-order valence-corrected chi connectivity index (χ3v) is 1.59. The first-order valence-electron chi connectivity index (χ1n) is 9.81. The summed E-state index contributed by atoms with van der Waals surface area (Å²) < 4.78 is 102. The van der Waals surface area contributed by atoms with E-state index in [1.807, 2.05) is 0 Å². The van der Waals surface area contributed by atoms with E-state index in [0.717, 1.165) is 0 Å². The third-order valence-electron chi connectivity index (χ3n) is 1.22. The van der Waals surface area contributed by atoms with Gasteiger partial charge in [0.25, 0.3) is 0 Å². The molecule has 0 saturated carbocycles. The second-order valence-electron chi connectivity index (χ2n) is 2.05. The SMILES string of the molecule is [2H]c1nc(N2C([2H])([2H])C([2H])([2H])C([2H])([2H])C([2H])([2H])C2([2H])[2H])c([2H])c([2H])c1Br. The van der Waals surface area contributed by atoms with Gasteiger partial charge in [-0.3, -0.25) is 0 Å². The van der Waals surface area contributed by atoms with Crippen molar-refractivity contribution in [2.24, 2.45) is 0 Å². The Kier molecular flexibility index (Phi) is 0.732. The van der Waals surface area contributed by atoms with Crippen LogP contribution in [0.4, 0.5) is 5.82 Å². The van der Waals surface area contributed by atoms with Crippen LogP contribution >= 0.6 is 15.9 Å². The summed E-state index contributed by atoms with van der Waals surface area (Å²) in [4.78, 5) is 3.41. The lowest BCUT2D eigenvalue weighted by Gasteiger charge is -2.27. The molecule has 13 heavy (non-hydrogen) atoms. The van der Waals surface area contributed by atoms with Crippen LogP contribution < -0.4 is 4.90 Å². The van der Waals surface area contributed by atoms with Gasteiger partial charge in [-0.1, -0.05) is 0 Å². The van der Waals surface area contributed by atoms with Crippen LogP contribution in [0.2, 0.25) is 0 Å². The lowest BCUT2D eigenvalue weighted by Crippen LogP contribution is -2.29. The number of piperidine rings is 1. The molecule has 1 aromatic rings. The molecule has 0 aliphatic carbocycles. The lowest BCUT2D eigenvalue weighted by molar-refractivity contribution is 0.573. The fourth-order valence-electron chi connectivity index (χ4n) is 0.707. The second-order valence-corrected chi connectivity index (χ2v) is 2.84. The van der Waals surface area contributed by atoms with Gasteiger partial charge < -0.3 is 4.90 Å². The monoisotopic (exact) mass is 253 g/mol. The van der Waals surface area contributed by atoms with Gasteiger partial charge >= 0.3 is 0 Å². The van der Waals surface area contributed by atoms with Crippen molar-refractivity contribution in [1.82, 2.24) is 4.98 Å². The molecule has 0 N–H and O–H groups in total. The summed E-state index contributed by atoms with van der Waals surface area (Å²) in [7, 11) is 0. The Morgan fingerprint density at radius 1 is 1.38 bits per heavy atom. The molecule has 70 valence electrons. The van der Waals surface area contributed by atoms with Crippen LogP contribution in [-0.2, 0) is 0 Å². The number of hydrogen-bond donors (Lipinski definition) is 0. The summed E-state index contributed by atoms with van der Waals surface area (Å²) in [6, 6.07) is -1.52. The minimum Gasteiger partial charge on any atom is -0.357 e. The fourth-order valence-corrected chi connectivity index (χ4v) is 0.895. The van der Waals surface area contributed by atoms with E-state index in [-0.39, 0.29) is 9.37 Å². The highest BCUT2D eigenvalue weighted by Crippen LogP contribution is 2.18. The van der Waals surface area contributed by atoms with Gasteiger partial charge in [-0.2, -0.15) is 0 Å². The Morgan fingerprint density at radius 2 is 2.15 bits per heavy atom. The van der Waals surface area contributed by atoms with Gasteiger partial charge in [0.15, 0.2) is 0 Å². The van der Waals surface area contributed by atoms with Crippen molar-refractivity contribution in [3.8, 4) is 0 Å². The molecule has 2 heterocycles. The number of anilines is 1. The van der Waals surface area contributed by atoms with Crippen LogP contribution in [0, 0.1) is 0 Å². The molecule has 1 fully saturated rings. The van der Waals surface area contributed by atoms with Crippen LogP contribution in [0.15, 0.2) is 22.7 Å². The van der Waals surface area contributed by atoms with Gasteiger partial charge in [0.05, 0.1) is 4.11 Å². The van der Waals surface area contributed by atoms with Gasteiger partial charge in [-0.05, 0) is 47.1 Å². The van der Waals surface area contributed by atoms with Crippen molar-refractivity contribution in [1.29, 1.82) is 0 Å². The minimum atomic E-state index is -3.59. The highest BCUT2D eigenvalue weighted by atomic mass is 79.9. The minimum absolute atomic E-state index is 0.119. The quantitative estimate of drug-likeness (QED) is 0.766. The van der Waals surface area contributed by atoms with Gasteiger partial charge in [0.2, 0.25) is 0 Å². The number of hydrogen-bond acceptors (Lipinski definition) is 2. The van der Waals surface area contributed by atoms with E-state index in [1.54, 1.807) is 0 Å². The standard InChI is InChI=1S/C10H13BrN2/c11-9-4-5-10(12-8-9)13-6-2-1-3-7-13/h4-5,8H,1-3,6-7H2/i1D2,2D2,3D2,4D,5D,6D2,7D2,8D. The van der Waals surface area contributed by atoms with Crippen molar-refractivity contribution in [2.45, 2.75) is 19.1 Å². The first kappa shape index (κ1) is 2.32. The number of halogens is 1. The molecule has 0 bridgehead atoms. The molecule has 0 spiro atoms. The predicted octanol–water partition coefficient (Wildman–Crippen LogP) is 2.83. The Bertz CT molecular complexity index is 732. The van der Waals surface area contributed by atoms with Crippen molar-refractivity contribution in [2.75, 3.05) is 17.9 Å². The van der Waals surface area contributed by atoms with Gasteiger partial charge in [0.1, 0.15) is 5.82 Å². The van der Waals surface area contributed by atoms with E-state index in [1.165, 1.54) is 0 Å². The molecule has 0 aromatic carbocycles. The first-order valence-corrected chi connectivity index (χ1v) is 4.10. The summed E-state index contributed by atoms with van der Waals surface area (Å²) in [5, 5.41) is 0. The zero-order valence-corrected chi connectivity index (χ0v) is 7.86. The molecule has 3 heteroatoms. The van der Waals surface area contributed by atoms with E-state index < -0.39 is 56.2 Å². The lowest BCUT2D eigenvalue weighted by atomic mass is 10.1. The molecule has 0 amide bonds. The molecule has 0 atom stereocenters. The molecule has 1 saturated heterocycles. The Labute approximate surface area is 105 Å². The summed E-state index contributed by atoms with van der Waals surface area (Å²) in [5.41, 5.74) is 0. The van der Waals surface area contributed by atoms with E-state index in [2.05, 4.69) is 20.9 Å². The topological polar surface area (TPSA) is 16.1 Å². The molecule has 2 nitrogen and oxygen atoms in total. The van der Waals surface area contributed by atoms with E-state index >= 15 is 0 Å². The highest BCUT2D eigenvalue weighted by molar-refractivity contribution is 9.10. The van der Waals surface area contributed by atoms with Crippen LogP contribution in [0.1, 0.15) is 36.9 Å². The van der Waals surface area contributed by atoms with E-state index in [9.17, 15) is 0 Å². The summed E-state index contributed by atoms with van der Waals surface area (Å²) >= 11 is 2.84. The largest absolute Gasteiger partial charge is 0.357 e. The number of nitrogens with zero attached hydrogens (tertiary/aromatic N) is 2. The predicted molar refractivity (Wildman–Crippen MR) is 58.0 cm³/mol. The second kappa shape index (κ2) is 4.09. The molecule has 0 unspecified atom stereocenters. The Hall–Kier alpha value is -0.570. The third kappa shape index (κ3) is 2.21. The zero-order chi connectivity index (χ0) is 20.7. The summed E-state index contributed by atoms with van der Waals surface area (Å²) in [5.74, 6) is -0.971. The van der Waals surface area contributed by atoms with Gasteiger partial charge in [-0.15, -0.1) is 0 Å². The van der Waals surface area contributed by atoms with Crippen LogP contribution in [0.5, 0.6) is 0 Å². The van der Waals surface area contributed by atoms with Gasteiger partial charge in [-0.25, -0.2) is 4.98 Å². The normalized spacial score (nSPS) is 51.5. The average molecular weight is 254 g/mol. The van der Waals surface area contributed by atoms with Crippen LogP contribution in [0.3, 0.4) is 0 Å². The number of aromatic nitrogens is 1. The smallest absolute Gasteiger partial charge is 0.128 e. The molecule has 1 aromatic heterocycles. The molecular weight excluding hydrogens is 228 g/mol. The Morgan fingerprint density at radius 3 is 2.92 bits per heavy atom. The zero-order valence-electron chi connectivity index (χ0n) is 19.3. The van der Waals surface area contributed by atoms with Crippen LogP contribution in [-0.4, -0.2) is 18.0 Å². The van der Waals surface area contributed by atoms with Crippen molar-refractivity contribution < 1.29 is 17.8 Å². The number of pyridine rings is 1. The number of rotatable bonds is 1. The molecule has 1 aliphatic heterocycles. The molecular formula is C10H13BrN2. The van der Waals surface area contributed by atoms with E-state index in [0.29, 0.717) is 0 Å². The average Bonchev–Trinajstić information content (AvgIpc) is 2.48. The summed E-state index contributed by atoms with van der Waals surface area (Å²) in [6.45, 7) is -7.00. The molecule has 1 aliphatic rings. The maximum absolute atomic E-state index is 8.02. The Balaban J connectivity index is 2.92. The summed E-state index contributed by atoms with van der Waals surface area (Å²) in [6.07, 6.45) is -11.4. The maximum atomic E-state index is 8.02. The van der Waals surface area contributed by atoms with Crippen molar-refractivity contribution in [3.63, 3.8) is 0 Å². The molecule has 0 radical (unpaired) electrons. The first-order chi connectivity index (χ1) is 11.4. The van der Waals surface area contributed by atoms with Crippen LogP contribution in [0.25, 0.3) is 0 Å².